The van der Waals surface area contributed by atoms with Crippen molar-refractivity contribution in [2.45, 2.75) is 27.7 Å². The van der Waals surface area contributed by atoms with Gasteiger partial charge >= 0.3 is 0 Å². The molecule has 4 aromatic carbocycles. The molecule has 0 aliphatic rings. The Morgan fingerprint density at radius 1 is 0.425 bits per heavy atom. The number of aryl methyl sites for hydroxylation is 2. The fourth-order valence-electron chi connectivity index (χ4n) is 4.69. The van der Waals surface area contributed by atoms with Gasteiger partial charge in [-0.25, -0.2) is 0 Å². The molecule has 10 heteroatoms. The number of hydrogen-bond acceptors (Lipinski definition) is 10. The van der Waals surface area contributed by atoms with E-state index in [0.29, 0.717) is 11.1 Å². The molecule has 0 aliphatic carbocycles. The maximum atomic E-state index is 13.4. The van der Waals surface area contributed by atoms with Crippen LogP contribution in [-0.4, -0.2) is 52.4 Å². The van der Waals surface area contributed by atoms with Gasteiger partial charge in [0, 0.05) is 22.3 Å². The number of benzene rings is 4. The van der Waals surface area contributed by atoms with E-state index in [1.165, 1.54) is 38.1 Å². The lowest BCUT2D eigenvalue weighted by Gasteiger charge is -2.19. The predicted molar refractivity (Wildman–Crippen MR) is 144 cm³/mol. The topological polar surface area (TPSA) is 196 Å². The molecule has 206 valence electrons. The van der Waals surface area contributed by atoms with E-state index in [4.69, 9.17) is 0 Å². The third-order valence-corrected chi connectivity index (χ3v) is 6.74. The van der Waals surface area contributed by atoms with E-state index in [2.05, 4.69) is 0 Å². The number of ketones is 2. The number of hydrogen-bond donors (Lipinski definition) is 8. The van der Waals surface area contributed by atoms with Crippen LogP contribution >= 0.6 is 0 Å². The first-order chi connectivity index (χ1) is 18.6. The van der Waals surface area contributed by atoms with Crippen LogP contribution in [0.1, 0.15) is 54.1 Å². The van der Waals surface area contributed by atoms with Crippen LogP contribution in [0.3, 0.4) is 0 Å². The molecular weight excluding hydrogens is 520 g/mol. The first kappa shape index (κ1) is 27.6. The van der Waals surface area contributed by atoms with Gasteiger partial charge in [-0.3, -0.25) is 9.59 Å². The lowest BCUT2D eigenvalue weighted by molar-refractivity contribution is 0.102. The lowest BCUT2D eigenvalue weighted by Crippen LogP contribution is -2.08. The molecule has 0 atom stereocenters. The van der Waals surface area contributed by atoms with Gasteiger partial charge < -0.3 is 40.9 Å². The van der Waals surface area contributed by atoms with Gasteiger partial charge in [0.25, 0.3) is 0 Å². The van der Waals surface area contributed by atoms with Gasteiger partial charge in [0.2, 0.25) is 11.6 Å². The third-order valence-electron chi connectivity index (χ3n) is 6.74. The van der Waals surface area contributed by atoms with Crippen LogP contribution in [0.4, 0.5) is 0 Å². The molecule has 0 heterocycles. The fraction of sp³-hybridized carbons (Fsp3) is 0.133. The number of carbonyl (C=O) groups is 2. The quantitative estimate of drug-likeness (QED) is 0.128. The largest absolute Gasteiger partial charge is 0.508 e. The second-order valence-electron chi connectivity index (χ2n) is 9.60. The Balaban J connectivity index is 1.99. The minimum absolute atomic E-state index is 0.118. The zero-order valence-electron chi connectivity index (χ0n) is 21.9. The van der Waals surface area contributed by atoms with E-state index in [-0.39, 0.29) is 22.3 Å². The minimum Gasteiger partial charge on any atom is -0.508 e. The average Bonchev–Trinajstić information content (AvgIpc) is 2.83. The molecule has 0 saturated carbocycles. The Hall–Kier alpha value is -5.38. The van der Waals surface area contributed by atoms with E-state index < -0.39 is 79.8 Å². The summed E-state index contributed by atoms with van der Waals surface area (Å²) in [7, 11) is 0. The standard InChI is InChI=1S/C30H26O10/c1-11-5-19(33)25(20(34)6-11)29(39)23-13(3)17(31)9-15(27(23)37)16-10-18(32)14(4)24(28(16)38)30(40)26-21(35)7-12(2)8-22(26)36/h5-10,31-38H,1-4H3. The Morgan fingerprint density at radius 3 is 0.975 bits per heavy atom. The summed E-state index contributed by atoms with van der Waals surface area (Å²) in [6.07, 6.45) is 0. The Labute approximate surface area is 227 Å². The van der Waals surface area contributed by atoms with E-state index in [1.54, 1.807) is 13.8 Å². The van der Waals surface area contributed by atoms with Crippen LogP contribution < -0.4 is 0 Å². The summed E-state index contributed by atoms with van der Waals surface area (Å²) in [5.41, 5.74) is -2.22. The molecule has 0 unspecified atom stereocenters. The van der Waals surface area contributed by atoms with Crippen molar-refractivity contribution in [3.63, 3.8) is 0 Å². The monoisotopic (exact) mass is 546 g/mol. The second kappa shape index (κ2) is 9.73. The van der Waals surface area contributed by atoms with Gasteiger partial charge in [0.05, 0.1) is 11.1 Å². The SMILES string of the molecule is Cc1cc(O)c(C(=O)c2c(C)c(O)cc(-c3cc(O)c(C)c(C(=O)c4c(O)cc(C)cc4O)c3O)c2O)c(O)c1. The molecule has 4 aromatic rings. The number of rotatable bonds is 5. The molecule has 0 amide bonds. The first-order valence-electron chi connectivity index (χ1n) is 11.9. The van der Waals surface area contributed by atoms with Crippen molar-refractivity contribution in [1.29, 1.82) is 0 Å². The van der Waals surface area contributed by atoms with E-state index in [1.807, 2.05) is 0 Å². The summed E-state index contributed by atoms with van der Waals surface area (Å²) in [6.45, 7) is 5.76. The second-order valence-corrected chi connectivity index (χ2v) is 9.60. The predicted octanol–water partition coefficient (Wildman–Crippen LogP) is 4.69. The molecule has 0 aliphatic heterocycles. The number of phenols is 8. The van der Waals surface area contributed by atoms with E-state index in [0.717, 1.165) is 12.1 Å². The fourth-order valence-corrected chi connectivity index (χ4v) is 4.69. The Morgan fingerprint density at radius 2 is 0.700 bits per heavy atom. The van der Waals surface area contributed by atoms with Crippen LogP contribution in [0, 0.1) is 27.7 Å². The number of aromatic hydroxyl groups is 8. The molecule has 0 spiro atoms. The molecule has 4 rings (SSSR count). The summed E-state index contributed by atoms with van der Waals surface area (Å²) in [5.74, 6) is -7.05. The normalized spacial score (nSPS) is 11.0. The lowest BCUT2D eigenvalue weighted by atomic mass is 9.88. The van der Waals surface area contributed by atoms with Gasteiger partial charge in [0.15, 0.2) is 0 Å². The minimum atomic E-state index is -1.05. The van der Waals surface area contributed by atoms with Crippen molar-refractivity contribution < 1.29 is 50.4 Å². The molecule has 40 heavy (non-hydrogen) atoms. The molecule has 0 aromatic heterocycles. The average molecular weight is 547 g/mol. The van der Waals surface area contributed by atoms with E-state index in [9.17, 15) is 50.4 Å². The first-order valence-corrected chi connectivity index (χ1v) is 11.9. The van der Waals surface area contributed by atoms with Crippen LogP contribution in [-0.2, 0) is 0 Å². The zero-order valence-corrected chi connectivity index (χ0v) is 21.9. The highest BCUT2D eigenvalue weighted by atomic mass is 16.3. The number of phenolic OH excluding ortho intramolecular Hbond substituents is 8. The van der Waals surface area contributed by atoms with Crippen molar-refractivity contribution in [3.8, 4) is 57.1 Å². The van der Waals surface area contributed by atoms with Crippen molar-refractivity contribution >= 4 is 11.6 Å². The van der Waals surface area contributed by atoms with Crippen LogP contribution in [0.2, 0.25) is 0 Å². The molecule has 0 bridgehead atoms. The van der Waals surface area contributed by atoms with E-state index >= 15 is 0 Å². The highest BCUT2D eigenvalue weighted by molar-refractivity contribution is 6.18. The van der Waals surface area contributed by atoms with Gasteiger partial charge in [-0.15, -0.1) is 0 Å². The van der Waals surface area contributed by atoms with Crippen molar-refractivity contribution in [2.24, 2.45) is 0 Å². The summed E-state index contributed by atoms with van der Waals surface area (Å²) >= 11 is 0. The van der Waals surface area contributed by atoms with Crippen LogP contribution in [0.25, 0.3) is 11.1 Å². The Bertz CT molecular complexity index is 1580. The zero-order chi connectivity index (χ0) is 29.8. The Kier molecular flexibility index (Phi) is 6.73. The summed E-state index contributed by atoms with van der Waals surface area (Å²) in [6, 6.07) is 6.88. The third kappa shape index (κ3) is 4.35. The van der Waals surface area contributed by atoms with Crippen molar-refractivity contribution in [2.75, 3.05) is 0 Å². The molecule has 0 saturated heterocycles. The van der Waals surface area contributed by atoms with Gasteiger partial charge in [0.1, 0.15) is 57.1 Å². The summed E-state index contributed by atoms with van der Waals surface area (Å²) < 4.78 is 0. The van der Waals surface area contributed by atoms with Crippen LogP contribution in [0.15, 0.2) is 36.4 Å². The molecular formula is C30H26O10. The maximum Gasteiger partial charge on any atom is 0.204 e. The smallest absolute Gasteiger partial charge is 0.204 e. The van der Waals surface area contributed by atoms with Gasteiger partial charge in [-0.05, 0) is 75.2 Å². The molecule has 0 fully saturated rings. The molecule has 8 N–H and O–H groups in total. The molecule has 10 nitrogen and oxygen atoms in total. The number of carbonyl (C=O) groups excluding carboxylic acids is 2. The van der Waals surface area contributed by atoms with Crippen molar-refractivity contribution in [1.82, 2.24) is 0 Å². The highest BCUT2D eigenvalue weighted by Gasteiger charge is 2.31. The van der Waals surface area contributed by atoms with Gasteiger partial charge in [-0.1, -0.05) is 0 Å². The molecule has 0 radical (unpaired) electrons. The maximum absolute atomic E-state index is 13.4. The van der Waals surface area contributed by atoms with Crippen LogP contribution in [0.5, 0.6) is 46.0 Å². The van der Waals surface area contributed by atoms with Gasteiger partial charge in [-0.2, -0.15) is 0 Å². The highest BCUT2D eigenvalue weighted by Crippen LogP contribution is 2.48. The summed E-state index contributed by atoms with van der Waals surface area (Å²) in [5, 5.41) is 85.1. The van der Waals surface area contributed by atoms with Crippen molar-refractivity contribution in [3.05, 3.63) is 80.9 Å². The summed E-state index contributed by atoms with van der Waals surface area (Å²) in [4.78, 5) is 26.9.